The van der Waals surface area contributed by atoms with E-state index in [0.717, 1.165) is 5.69 Å². The lowest BCUT2D eigenvalue weighted by atomic mass is 10.2. The van der Waals surface area contributed by atoms with Gasteiger partial charge in [0.15, 0.2) is 0 Å². The van der Waals surface area contributed by atoms with E-state index in [1.165, 1.54) is 0 Å². The van der Waals surface area contributed by atoms with E-state index in [1.54, 1.807) is 28.1 Å². The number of hydrogen-bond acceptors (Lipinski definition) is 3. The smallest absolute Gasteiger partial charge is 0.270 e. The number of nitrogens with one attached hydrogen (secondary N) is 2. The van der Waals surface area contributed by atoms with Crippen molar-refractivity contribution in [2.45, 2.75) is 0 Å². The highest BCUT2D eigenvalue weighted by atomic mass is 35.5. The fraction of sp³-hybridized carbons (Fsp3) is 0.294. The first-order chi connectivity index (χ1) is 12.0. The molecule has 132 valence electrons. The van der Waals surface area contributed by atoms with Gasteiger partial charge in [-0.05, 0) is 18.2 Å². The molecule has 0 atom stereocenters. The Labute approximate surface area is 155 Å². The predicted octanol–water partition coefficient (Wildman–Crippen LogP) is 2.72. The average Bonchev–Trinajstić information content (AvgIpc) is 3.07. The van der Waals surface area contributed by atoms with E-state index >= 15 is 0 Å². The van der Waals surface area contributed by atoms with Crippen LogP contribution in [0.1, 0.15) is 10.5 Å². The maximum Gasteiger partial charge on any atom is 0.270 e. The van der Waals surface area contributed by atoms with Gasteiger partial charge in [0.25, 0.3) is 5.91 Å². The van der Waals surface area contributed by atoms with Crippen molar-refractivity contribution in [3.63, 3.8) is 0 Å². The highest BCUT2D eigenvalue weighted by Gasteiger charge is 2.25. The zero-order valence-electron chi connectivity index (χ0n) is 13.5. The quantitative estimate of drug-likeness (QED) is 0.856. The molecule has 1 aromatic carbocycles. The van der Waals surface area contributed by atoms with E-state index in [9.17, 15) is 9.59 Å². The van der Waals surface area contributed by atoms with Crippen LogP contribution in [0.25, 0.3) is 0 Å². The SMILES string of the molecule is O=C(CNc1ccccc1Cl)N1CCN(C(=O)c2cc(Cl)c[nH]2)CC1. The van der Waals surface area contributed by atoms with Crippen molar-refractivity contribution in [3.05, 3.63) is 52.3 Å². The number of H-pyrrole nitrogens is 1. The monoisotopic (exact) mass is 380 g/mol. The molecule has 0 unspecified atom stereocenters. The summed E-state index contributed by atoms with van der Waals surface area (Å²) in [5.41, 5.74) is 1.19. The van der Waals surface area contributed by atoms with Gasteiger partial charge in [0.2, 0.25) is 5.91 Å². The lowest BCUT2D eigenvalue weighted by Gasteiger charge is -2.34. The Balaban J connectivity index is 1.49. The second kappa shape index (κ2) is 7.80. The van der Waals surface area contributed by atoms with Crippen LogP contribution in [0.4, 0.5) is 5.69 Å². The maximum atomic E-state index is 12.3. The molecule has 0 radical (unpaired) electrons. The van der Waals surface area contributed by atoms with Gasteiger partial charge in [-0.15, -0.1) is 0 Å². The number of aromatic amines is 1. The van der Waals surface area contributed by atoms with E-state index in [1.807, 2.05) is 18.2 Å². The molecule has 0 aliphatic carbocycles. The Morgan fingerprint density at radius 2 is 1.76 bits per heavy atom. The third-order valence-corrected chi connectivity index (χ3v) is 4.65. The first-order valence-electron chi connectivity index (χ1n) is 7.94. The molecule has 1 aliphatic rings. The van der Waals surface area contributed by atoms with Crippen LogP contribution in [0.3, 0.4) is 0 Å². The number of amides is 2. The number of nitrogens with zero attached hydrogens (tertiary/aromatic N) is 2. The molecular weight excluding hydrogens is 363 g/mol. The number of benzene rings is 1. The van der Waals surface area contributed by atoms with Crippen molar-refractivity contribution < 1.29 is 9.59 Å². The van der Waals surface area contributed by atoms with E-state index in [0.29, 0.717) is 41.9 Å². The highest BCUT2D eigenvalue weighted by molar-refractivity contribution is 6.33. The number of anilines is 1. The average molecular weight is 381 g/mol. The van der Waals surface area contributed by atoms with Crippen molar-refractivity contribution in [3.8, 4) is 0 Å². The second-order valence-electron chi connectivity index (χ2n) is 5.74. The van der Waals surface area contributed by atoms with Gasteiger partial charge in [0.1, 0.15) is 5.69 Å². The summed E-state index contributed by atoms with van der Waals surface area (Å²) in [6, 6.07) is 8.90. The van der Waals surface area contributed by atoms with E-state index in [-0.39, 0.29) is 18.4 Å². The van der Waals surface area contributed by atoms with Gasteiger partial charge < -0.3 is 20.1 Å². The summed E-state index contributed by atoms with van der Waals surface area (Å²) >= 11 is 11.9. The summed E-state index contributed by atoms with van der Waals surface area (Å²) in [6.45, 7) is 2.16. The molecule has 2 aromatic rings. The Morgan fingerprint density at radius 1 is 1.08 bits per heavy atom. The van der Waals surface area contributed by atoms with Crippen molar-refractivity contribution in [2.24, 2.45) is 0 Å². The molecule has 6 nitrogen and oxygen atoms in total. The Morgan fingerprint density at radius 3 is 2.40 bits per heavy atom. The van der Waals surface area contributed by atoms with Gasteiger partial charge in [-0.25, -0.2) is 0 Å². The van der Waals surface area contributed by atoms with Crippen molar-refractivity contribution in [2.75, 3.05) is 38.0 Å². The minimum Gasteiger partial charge on any atom is -0.375 e. The van der Waals surface area contributed by atoms with Crippen LogP contribution in [0, 0.1) is 0 Å². The zero-order valence-corrected chi connectivity index (χ0v) is 15.0. The van der Waals surface area contributed by atoms with Crippen molar-refractivity contribution in [1.29, 1.82) is 0 Å². The largest absolute Gasteiger partial charge is 0.375 e. The molecule has 2 N–H and O–H groups in total. The number of hydrogen-bond donors (Lipinski definition) is 2. The van der Waals surface area contributed by atoms with E-state index in [4.69, 9.17) is 23.2 Å². The van der Waals surface area contributed by atoms with E-state index in [2.05, 4.69) is 10.3 Å². The van der Waals surface area contributed by atoms with Crippen LogP contribution in [0.5, 0.6) is 0 Å². The predicted molar refractivity (Wildman–Crippen MR) is 98.2 cm³/mol. The van der Waals surface area contributed by atoms with Crippen LogP contribution < -0.4 is 5.32 Å². The van der Waals surface area contributed by atoms with Crippen LogP contribution >= 0.6 is 23.2 Å². The molecular formula is C17H18Cl2N4O2. The molecule has 0 bridgehead atoms. The third kappa shape index (κ3) is 4.27. The fourth-order valence-electron chi connectivity index (χ4n) is 2.71. The number of carbonyl (C=O) groups excluding carboxylic acids is 2. The standard InChI is InChI=1S/C17H18Cl2N4O2/c18-12-9-15(20-10-12)17(25)23-7-5-22(6-8-23)16(24)11-21-14-4-2-1-3-13(14)19/h1-4,9-10,20-21H,5-8,11H2. The third-order valence-electron chi connectivity index (χ3n) is 4.10. The molecule has 3 rings (SSSR count). The summed E-state index contributed by atoms with van der Waals surface area (Å²) in [4.78, 5) is 31.0. The van der Waals surface area contributed by atoms with Gasteiger partial charge in [-0.2, -0.15) is 0 Å². The van der Waals surface area contributed by atoms with Crippen molar-refractivity contribution in [1.82, 2.24) is 14.8 Å². The highest BCUT2D eigenvalue weighted by Crippen LogP contribution is 2.20. The minimum absolute atomic E-state index is 0.0186. The molecule has 8 heteroatoms. The Kier molecular flexibility index (Phi) is 5.50. The number of piperazine rings is 1. The van der Waals surface area contributed by atoms with Gasteiger partial charge in [-0.3, -0.25) is 9.59 Å². The van der Waals surface area contributed by atoms with Gasteiger partial charge in [-0.1, -0.05) is 35.3 Å². The zero-order chi connectivity index (χ0) is 17.8. The van der Waals surface area contributed by atoms with Crippen LogP contribution in [-0.4, -0.2) is 59.3 Å². The molecule has 1 aromatic heterocycles. The molecule has 0 saturated carbocycles. The van der Waals surface area contributed by atoms with Gasteiger partial charge in [0.05, 0.1) is 22.3 Å². The number of rotatable bonds is 4. The van der Waals surface area contributed by atoms with Crippen LogP contribution in [0.2, 0.25) is 10.0 Å². The number of halogens is 2. The van der Waals surface area contributed by atoms with E-state index < -0.39 is 0 Å². The number of para-hydroxylation sites is 1. The number of aromatic nitrogens is 1. The van der Waals surface area contributed by atoms with Crippen molar-refractivity contribution >= 4 is 40.7 Å². The summed E-state index contributed by atoms with van der Waals surface area (Å²) in [7, 11) is 0. The van der Waals surface area contributed by atoms with Gasteiger partial charge >= 0.3 is 0 Å². The molecule has 25 heavy (non-hydrogen) atoms. The molecule has 1 aliphatic heterocycles. The van der Waals surface area contributed by atoms with Crippen LogP contribution in [0.15, 0.2) is 36.5 Å². The summed E-state index contributed by atoms with van der Waals surface area (Å²) in [5.74, 6) is -0.122. The Hall–Kier alpha value is -2.18. The lowest BCUT2D eigenvalue weighted by Crippen LogP contribution is -2.51. The molecule has 1 fully saturated rings. The first kappa shape index (κ1) is 17.6. The number of carbonyl (C=O) groups is 2. The lowest BCUT2D eigenvalue weighted by molar-refractivity contribution is -0.130. The summed E-state index contributed by atoms with van der Waals surface area (Å²) in [6.07, 6.45) is 1.58. The molecule has 2 heterocycles. The maximum absolute atomic E-state index is 12.3. The molecule has 2 amide bonds. The fourth-order valence-corrected chi connectivity index (χ4v) is 3.07. The first-order valence-corrected chi connectivity index (χ1v) is 8.69. The Bertz CT molecular complexity index is 770. The molecule has 1 saturated heterocycles. The minimum atomic E-state index is -0.104. The molecule has 0 spiro atoms. The van der Waals surface area contributed by atoms with Crippen LogP contribution in [-0.2, 0) is 4.79 Å². The normalized spacial score (nSPS) is 14.5. The second-order valence-corrected chi connectivity index (χ2v) is 6.58. The summed E-state index contributed by atoms with van der Waals surface area (Å²) in [5, 5.41) is 4.13. The summed E-state index contributed by atoms with van der Waals surface area (Å²) < 4.78 is 0. The van der Waals surface area contributed by atoms with Gasteiger partial charge in [0, 0.05) is 32.4 Å². The topological polar surface area (TPSA) is 68.4 Å².